The minimum Gasteiger partial charge on any atom is -0.383 e. The summed E-state index contributed by atoms with van der Waals surface area (Å²) >= 11 is 0. The third kappa shape index (κ3) is 89.6. The third-order valence-corrected chi connectivity index (χ3v) is 20.1. The number of ether oxygens (including phenoxy) is 8. The van der Waals surface area contributed by atoms with Crippen molar-refractivity contribution in [2.75, 3.05) is 225 Å². The predicted octanol–water partition coefficient (Wildman–Crippen LogP) is 17.0. The van der Waals surface area contributed by atoms with E-state index in [1.54, 1.807) is 14.2 Å². The number of pyridine rings is 2. The number of piperidine rings is 3. The maximum atomic E-state index is 5.51. The number of unbranched alkanes of at least 4 members (excludes halogenated alkanes) is 1. The lowest BCUT2D eigenvalue weighted by atomic mass is 10.1. The summed E-state index contributed by atoms with van der Waals surface area (Å²) in [6.45, 7) is 77.2. The van der Waals surface area contributed by atoms with E-state index in [0.29, 0.717) is 54.7 Å². The highest BCUT2D eigenvalue weighted by Gasteiger charge is 2.15. The number of likely N-dealkylation sites (N-methyl/N-ethyl adjacent to an activating group) is 1. The predicted molar refractivity (Wildman–Crippen MR) is 513 cm³/mol. The zero-order valence-electron chi connectivity index (χ0n) is 82.9. The van der Waals surface area contributed by atoms with Gasteiger partial charge in [-0.25, -0.2) is 4.98 Å². The molecule has 0 aromatic carbocycles. The van der Waals surface area contributed by atoms with Crippen LogP contribution >= 0.6 is 0 Å². The Bertz CT molecular complexity index is 2290. The van der Waals surface area contributed by atoms with Gasteiger partial charge in [-0.2, -0.15) is 0 Å². The first-order valence-corrected chi connectivity index (χ1v) is 48.2. The molecule has 22 nitrogen and oxygen atoms in total. The summed E-state index contributed by atoms with van der Waals surface area (Å²) in [5.41, 5.74) is 2.44. The normalized spacial score (nSPS) is 16.2. The highest BCUT2D eigenvalue weighted by molar-refractivity contribution is 5.09. The molecule has 0 bridgehead atoms. The van der Waals surface area contributed by atoms with Crippen molar-refractivity contribution in [3.8, 4) is 0 Å². The lowest BCUT2D eigenvalue weighted by Gasteiger charge is -2.26. The van der Waals surface area contributed by atoms with Crippen LogP contribution in [0.2, 0.25) is 0 Å². The van der Waals surface area contributed by atoms with E-state index < -0.39 is 0 Å². The lowest BCUT2D eigenvalue weighted by molar-refractivity contribution is 0.0370. The molecule has 120 heavy (non-hydrogen) atoms. The number of methoxy groups -OCH3 is 2. The summed E-state index contributed by atoms with van der Waals surface area (Å²) in [7, 11) is 7.46. The fraction of sp³-hybridized carbons (Fsp3) is 0.867. The first-order chi connectivity index (χ1) is 57.6. The minimum absolute atomic E-state index is 0.326. The molecule has 0 amide bonds. The van der Waals surface area contributed by atoms with Crippen LogP contribution in [0.25, 0.3) is 0 Å². The molecule has 0 unspecified atom stereocenters. The molecule has 6 saturated heterocycles. The van der Waals surface area contributed by atoms with Gasteiger partial charge in [0.15, 0.2) is 0 Å². The Morgan fingerprint density at radius 3 is 1.18 bits per heavy atom. The molecular weight excluding hydrogens is 1500 g/mol. The molecule has 708 valence electrons. The number of aromatic nitrogens is 4. The Labute approximate surface area is 742 Å². The van der Waals surface area contributed by atoms with E-state index in [1.807, 2.05) is 103 Å². The van der Waals surface area contributed by atoms with Crippen LogP contribution in [0.1, 0.15) is 265 Å². The number of hydrogen-bond donors (Lipinski definition) is 3. The van der Waals surface area contributed by atoms with Gasteiger partial charge in [0.1, 0.15) is 0 Å². The molecular formula is C98H198N14O8. The van der Waals surface area contributed by atoms with E-state index in [-0.39, 0.29) is 0 Å². The number of nitrogens with zero attached hydrogens (tertiary/aromatic N) is 11. The molecule has 6 aliphatic heterocycles. The first-order valence-electron chi connectivity index (χ1n) is 48.2. The molecule has 9 heterocycles. The smallest absolute Gasteiger partial charge is 0.0945 e. The van der Waals surface area contributed by atoms with Gasteiger partial charge < -0.3 is 87.8 Å². The van der Waals surface area contributed by atoms with Gasteiger partial charge in [-0.15, -0.1) is 0 Å². The number of morpholine rings is 1. The van der Waals surface area contributed by atoms with Crippen LogP contribution < -0.4 is 16.0 Å². The second kappa shape index (κ2) is 86.5. The Hall–Kier alpha value is -3.21. The van der Waals surface area contributed by atoms with Gasteiger partial charge in [-0.1, -0.05) is 93.6 Å². The average Bonchev–Trinajstić information content (AvgIpc) is 1.89. The van der Waals surface area contributed by atoms with Crippen molar-refractivity contribution in [1.82, 2.24) is 69.8 Å². The monoisotopic (exact) mass is 1700 g/mol. The molecule has 0 atom stereocenters. The zero-order valence-corrected chi connectivity index (χ0v) is 82.9. The van der Waals surface area contributed by atoms with Crippen LogP contribution in [-0.2, 0) is 57.3 Å². The summed E-state index contributed by atoms with van der Waals surface area (Å²) in [5, 5.41) is 10.2. The van der Waals surface area contributed by atoms with Crippen LogP contribution in [0, 0.1) is 5.92 Å². The summed E-state index contributed by atoms with van der Waals surface area (Å²) in [4.78, 5) is 29.4. The van der Waals surface area contributed by atoms with E-state index in [2.05, 4.69) is 187 Å². The molecule has 6 aliphatic rings. The van der Waals surface area contributed by atoms with E-state index >= 15 is 0 Å². The van der Waals surface area contributed by atoms with Gasteiger partial charge in [-0.3, -0.25) is 14.9 Å². The van der Waals surface area contributed by atoms with Gasteiger partial charge in [0, 0.05) is 154 Å². The molecule has 0 spiro atoms. The Morgan fingerprint density at radius 2 is 0.783 bits per heavy atom. The molecule has 3 aromatic rings. The molecule has 3 aromatic heterocycles. The Kier molecular flexibility index (Phi) is 85.7. The molecule has 9 rings (SSSR count). The van der Waals surface area contributed by atoms with Crippen molar-refractivity contribution < 1.29 is 37.9 Å². The molecule has 0 aliphatic carbocycles. The maximum Gasteiger partial charge on any atom is 0.0945 e. The van der Waals surface area contributed by atoms with E-state index in [4.69, 9.17) is 37.9 Å². The number of imidazole rings is 1. The Morgan fingerprint density at radius 1 is 0.375 bits per heavy atom. The van der Waals surface area contributed by atoms with Crippen molar-refractivity contribution in [3.63, 3.8) is 0 Å². The zero-order chi connectivity index (χ0) is 89.3. The van der Waals surface area contributed by atoms with Crippen LogP contribution in [0.4, 0.5) is 0 Å². The van der Waals surface area contributed by atoms with Crippen molar-refractivity contribution in [2.24, 2.45) is 5.92 Å². The van der Waals surface area contributed by atoms with Gasteiger partial charge in [0.2, 0.25) is 0 Å². The standard InChI is InChI=1S/2C11H23NO.C10H16N2.C10H15NO.2C10H21NO.C9H17N3.C9H20N2.C9H19NO.C5H13NO.C4H10O/c1-11(2)13-10-6-9-12-7-4-3-5-8-12;1-11(2)5-3-4-6-12-7-9-13-10-8-12;1-9(2)11-8-6-10-5-3-4-7-12-10;1-9(2)12-8-5-10-3-6-11-7-4-10;2*1-10(2)12-9-8-11-6-4-3-5-7-11;1-9(2)11-4-3-6-12-7-5-10-8-12;1-9(2)10-5-8-11-6-3-4-7-11;1-9(2)11-8-7-10-5-3-4-6-10;1-6(2)4-5-7-3;1-4(2)5-3/h2*11H,3-10H2,1-2H3;3-5,7,9,11H,6,8H2,1-2H3;3-4,6-7,9H,5,8H2,1-2H3;2*10H,3-9H2,1-2H3;5,7-9,11H,3-4,6H2,1-2H3;9-10H,3-8H2,1-2H3;9H,3-8H2,1-2H3;4-5H2,1-3H3;4H,1-3H3. The van der Waals surface area contributed by atoms with Crippen LogP contribution in [0.15, 0.2) is 67.6 Å². The number of hydrogen-bond acceptors (Lipinski definition) is 21. The van der Waals surface area contributed by atoms with E-state index in [0.717, 1.165) is 149 Å². The fourth-order valence-electron chi connectivity index (χ4n) is 13.0. The topological polar surface area (TPSA) is 176 Å². The quantitative estimate of drug-likeness (QED) is 0.0456. The lowest BCUT2D eigenvalue weighted by Crippen LogP contribution is -2.36. The Balaban J connectivity index is 0. The fourth-order valence-corrected chi connectivity index (χ4v) is 13.0. The molecule has 6 fully saturated rings. The molecule has 3 N–H and O–H groups in total. The van der Waals surface area contributed by atoms with Crippen molar-refractivity contribution in [1.29, 1.82) is 0 Å². The number of nitrogens with one attached hydrogen (secondary N) is 3. The minimum atomic E-state index is 0.326. The molecule has 0 radical (unpaired) electrons. The van der Waals surface area contributed by atoms with Crippen molar-refractivity contribution in [2.45, 2.75) is 328 Å². The molecule has 22 heteroatoms. The highest BCUT2D eigenvalue weighted by Crippen LogP contribution is 2.13. The second-order valence-corrected chi connectivity index (χ2v) is 35.8. The highest BCUT2D eigenvalue weighted by atomic mass is 16.5. The summed E-state index contributed by atoms with van der Waals surface area (Å²) in [5.74, 6) is 0.865. The first kappa shape index (κ1) is 119. The van der Waals surface area contributed by atoms with Crippen LogP contribution in [0.3, 0.4) is 0 Å². The number of rotatable bonds is 43. The van der Waals surface area contributed by atoms with Crippen LogP contribution in [0.5, 0.6) is 0 Å². The van der Waals surface area contributed by atoms with Gasteiger partial charge >= 0.3 is 0 Å². The average molecular weight is 1700 g/mol. The number of likely N-dealkylation sites (tertiary alicyclic amines) is 5. The van der Waals surface area contributed by atoms with E-state index in [1.165, 1.54) is 200 Å². The summed E-state index contributed by atoms with van der Waals surface area (Å²) in [6.07, 6.45) is 40.0. The molecule has 0 saturated carbocycles. The van der Waals surface area contributed by atoms with Gasteiger partial charge in [-0.05, 0) is 301 Å². The summed E-state index contributed by atoms with van der Waals surface area (Å²) in [6, 6.07) is 11.9. The number of aryl methyl sites for hydroxylation is 1. The third-order valence-electron chi connectivity index (χ3n) is 20.1. The van der Waals surface area contributed by atoms with Crippen molar-refractivity contribution in [3.05, 3.63) is 78.9 Å². The van der Waals surface area contributed by atoms with Crippen LogP contribution in [-0.4, -0.2) is 334 Å². The SMILES string of the molecule is CC(C)CCCCN1CCOCC1.CC(C)NCCCn1ccnc1.CC(C)NCCN1CCCC1.CC(C)NCCc1ccccn1.CC(C)OCCCN1CCCCC1.CC(C)OCCN1CCCC1.CC(C)OCCN1CCCCC1.CC(C)OCCN1CCCCC1.CC(C)OCCc1ccncc1.COC(C)C.COCCN(C)C. The van der Waals surface area contributed by atoms with Crippen molar-refractivity contribution >= 4 is 0 Å². The second-order valence-electron chi connectivity index (χ2n) is 35.8. The maximum absolute atomic E-state index is 5.51. The van der Waals surface area contributed by atoms with Gasteiger partial charge in [0.25, 0.3) is 0 Å². The van der Waals surface area contributed by atoms with Gasteiger partial charge in [0.05, 0.1) is 89.2 Å². The summed E-state index contributed by atoms with van der Waals surface area (Å²) < 4.78 is 44.4. The largest absolute Gasteiger partial charge is 0.383 e. The van der Waals surface area contributed by atoms with E-state index in [9.17, 15) is 0 Å².